The molecule has 3 nitrogen and oxygen atoms in total. The van der Waals surface area contributed by atoms with Crippen molar-refractivity contribution in [3.05, 3.63) is 11.6 Å². The third-order valence-corrected chi connectivity index (χ3v) is 2.83. The monoisotopic (exact) mass is 203 g/mol. The molecule has 0 aromatic heterocycles. The van der Waals surface area contributed by atoms with Crippen molar-refractivity contribution < 1.29 is 9.90 Å². The lowest BCUT2D eigenvalue weighted by Crippen LogP contribution is -2.43. The zero-order valence-electron chi connectivity index (χ0n) is 7.40. The number of carboxylic acids is 1. The molecular weight excluding hydrogens is 190 g/mol. The van der Waals surface area contributed by atoms with Crippen molar-refractivity contribution in [2.24, 2.45) is 5.92 Å². The molecule has 3 rings (SSSR count). The van der Waals surface area contributed by atoms with E-state index in [2.05, 4.69) is 4.90 Å². The lowest BCUT2D eigenvalue weighted by Gasteiger charge is -2.40. The van der Waals surface area contributed by atoms with E-state index >= 15 is 0 Å². The number of rotatable bonds is 1. The molecule has 0 amide bonds. The minimum Gasteiger partial charge on any atom is -0.478 e. The first kappa shape index (κ1) is 10.5. The Bertz CT molecular complexity index is 232. The van der Waals surface area contributed by atoms with Gasteiger partial charge in [-0.3, -0.25) is 4.90 Å². The van der Waals surface area contributed by atoms with Gasteiger partial charge >= 0.3 is 5.97 Å². The zero-order chi connectivity index (χ0) is 8.55. The fourth-order valence-electron chi connectivity index (χ4n) is 2.17. The van der Waals surface area contributed by atoms with E-state index in [1.807, 2.05) is 0 Å². The first-order valence-corrected chi connectivity index (χ1v) is 4.41. The number of piperidine rings is 3. The van der Waals surface area contributed by atoms with E-state index in [0.29, 0.717) is 5.92 Å². The second-order valence-corrected chi connectivity index (χ2v) is 3.61. The van der Waals surface area contributed by atoms with Gasteiger partial charge in [-0.25, -0.2) is 4.79 Å². The summed E-state index contributed by atoms with van der Waals surface area (Å²) >= 11 is 0. The minimum absolute atomic E-state index is 0. The summed E-state index contributed by atoms with van der Waals surface area (Å²) in [6.45, 7) is 3.19. The van der Waals surface area contributed by atoms with Crippen LogP contribution in [0.3, 0.4) is 0 Å². The number of carboxylic acid groups (broad SMARTS) is 1. The van der Waals surface area contributed by atoms with Crippen LogP contribution in [0.15, 0.2) is 11.6 Å². The van der Waals surface area contributed by atoms with Gasteiger partial charge in [0.15, 0.2) is 0 Å². The second kappa shape index (κ2) is 4.11. The van der Waals surface area contributed by atoms with Crippen molar-refractivity contribution in [3.8, 4) is 0 Å². The molecule has 2 bridgehead atoms. The molecule has 3 heterocycles. The maximum Gasteiger partial charge on any atom is 0.328 e. The summed E-state index contributed by atoms with van der Waals surface area (Å²) in [5.41, 5.74) is 1.12. The molecule has 0 aliphatic carbocycles. The molecule has 3 aliphatic rings. The van der Waals surface area contributed by atoms with Crippen LogP contribution < -0.4 is 0 Å². The number of hydrogen-bond acceptors (Lipinski definition) is 2. The van der Waals surface area contributed by atoms with Crippen LogP contribution in [0.4, 0.5) is 0 Å². The summed E-state index contributed by atoms with van der Waals surface area (Å²) in [6, 6.07) is 0. The molecular formula is C9H14ClNO2. The number of aliphatic carboxylic acids is 1. The summed E-state index contributed by atoms with van der Waals surface area (Å²) in [6.07, 6.45) is 3.70. The van der Waals surface area contributed by atoms with Gasteiger partial charge in [0, 0.05) is 12.6 Å². The molecule has 13 heavy (non-hydrogen) atoms. The van der Waals surface area contributed by atoms with Gasteiger partial charge in [0.05, 0.1) is 0 Å². The zero-order valence-corrected chi connectivity index (χ0v) is 8.22. The van der Waals surface area contributed by atoms with Crippen LogP contribution in [0.1, 0.15) is 12.8 Å². The Morgan fingerprint density at radius 2 is 2.08 bits per heavy atom. The molecule has 74 valence electrons. The first-order valence-electron chi connectivity index (χ1n) is 4.41. The number of nitrogens with zero attached hydrogens (tertiary/aromatic N) is 1. The van der Waals surface area contributed by atoms with E-state index in [1.165, 1.54) is 6.08 Å². The van der Waals surface area contributed by atoms with Gasteiger partial charge in [-0.2, -0.15) is 0 Å². The largest absolute Gasteiger partial charge is 0.478 e. The van der Waals surface area contributed by atoms with Crippen molar-refractivity contribution in [2.75, 3.05) is 19.6 Å². The Kier molecular flexibility index (Phi) is 3.33. The smallest absolute Gasteiger partial charge is 0.328 e. The SMILES string of the molecule is Cl.O=C(O)/C=C1/CN2CCC1CC2. The summed E-state index contributed by atoms with van der Waals surface area (Å²) in [5, 5.41) is 8.60. The van der Waals surface area contributed by atoms with E-state index in [1.54, 1.807) is 0 Å². The van der Waals surface area contributed by atoms with Crippen LogP contribution in [-0.4, -0.2) is 35.6 Å². The summed E-state index contributed by atoms with van der Waals surface area (Å²) in [4.78, 5) is 12.8. The van der Waals surface area contributed by atoms with Crippen molar-refractivity contribution in [1.82, 2.24) is 4.90 Å². The van der Waals surface area contributed by atoms with E-state index in [-0.39, 0.29) is 12.4 Å². The Balaban J connectivity index is 0.000000845. The maximum absolute atomic E-state index is 10.4. The summed E-state index contributed by atoms with van der Waals surface area (Å²) in [5.74, 6) is -0.232. The molecule has 3 aliphatic heterocycles. The topological polar surface area (TPSA) is 40.5 Å². The number of hydrogen-bond donors (Lipinski definition) is 1. The molecule has 0 saturated carbocycles. The highest BCUT2D eigenvalue weighted by Gasteiger charge is 2.29. The highest BCUT2D eigenvalue weighted by atomic mass is 35.5. The second-order valence-electron chi connectivity index (χ2n) is 3.61. The Morgan fingerprint density at radius 1 is 1.46 bits per heavy atom. The highest BCUT2D eigenvalue weighted by Crippen LogP contribution is 2.31. The van der Waals surface area contributed by atoms with Gasteiger partial charge in [-0.1, -0.05) is 0 Å². The fourth-order valence-corrected chi connectivity index (χ4v) is 2.17. The van der Waals surface area contributed by atoms with Crippen molar-refractivity contribution in [2.45, 2.75) is 12.8 Å². The number of carbonyl (C=O) groups is 1. The van der Waals surface area contributed by atoms with Crippen molar-refractivity contribution in [1.29, 1.82) is 0 Å². The number of fused-ring (bicyclic) bond motifs is 3. The molecule has 0 radical (unpaired) electrons. The van der Waals surface area contributed by atoms with Gasteiger partial charge < -0.3 is 5.11 Å². The molecule has 0 aromatic carbocycles. The lowest BCUT2D eigenvalue weighted by molar-refractivity contribution is -0.131. The van der Waals surface area contributed by atoms with Crippen LogP contribution in [-0.2, 0) is 4.79 Å². The Labute approximate surface area is 83.8 Å². The molecule has 4 heteroatoms. The fraction of sp³-hybridized carbons (Fsp3) is 0.667. The Morgan fingerprint density at radius 3 is 2.46 bits per heavy atom. The van der Waals surface area contributed by atoms with Crippen molar-refractivity contribution in [3.63, 3.8) is 0 Å². The van der Waals surface area contributed by atoms with Crippen LogP contribution in [0.25, 0.3) is 0 Å². The Hall–Kier alpha value is -0.540. The minimum atomic E-state index is -0.793. The molecule has 0 spiro atoms. The van der Waals surface area contributed by atoms with Crippen LogP contribution in [0.5, 0.6) is 0 Å². The third kappa shape index (κ3) is 2.23. The number of halogens is 1. The molecule has 3 fully saturated rings. The highest BCUT2D eigenvalue weighted by molar-refractivity contribution is 5.85. The van der Waals surface area contributed by atoms with E-state index in [4.69, 9.17) is 5.11 Å². The predicted molar refractivity (Wildman–Crippen MR) is 52.1 cm³/mol. The molecule has 3 saturated heterocycles. The van der Waals surface area contributed by atoms with Gasteiger partial charge in [-0.05, 0) is 37.4 Å². The first-order chi connectivity index (χ1) is 5.75. The molecule has 1 N–H and O–H groups in total. The summed E-state index contributed by atoms with van der Waals surface area (Å²) in [7, 11) is 0. The standard InChI is InChI=1S/C9H13NO2.ClH/c11-9(12)5-8-6-10-3-1-7(8)2-4-10;/h5,7H,1-4,6H2,(H,11,12);1H/b8-5-;. The van der Waals surface area contributed by atoms with Crippen LogP contribution >= 0.6 is 12.4 Å². The molecule has 0 aromatic rings. The maximum atomic E-state index is 10.4. The quantitative estimate of drug-likeness (QED) is 0.650. The average Bonchev–Trinajstić information content (AvgIpc) is 2.05. The van der Waals surface area contributed by atoms with Gasteiger partial charge in [0.25, 0.3) is 0 Å². The van der Waals surface area contributed by atoms with Crippen LogP contribution in [0.2, 0.25) is 0 Å². The van der Waals surface area contributed by atoms with Crippen molar-refractivity contribution >= 4 is 18.4 Å². The normalized spacial score (nSPS) is 34.3. The summed E-state index contributed by atoms with van der Waals surface area (Å²) < 4.78 is 0. The van der Waals surface area contributed by atoms with Gasteiger partial charge in [0.2, 0.25) is 0 Å². The average molecular weight is 204 g/mol. The van der Waals surface area contributed by atoms with Gasteiger partial charge in [-0.15, -0.1) is 12.4 Å². The van der Waals surface area contributed by atoms with E-state index < -0.39 is 5.97 Å². The van der Waals surface area contributed by atoms with E-state index in [9.17, 15) is 4.79 Å². The van der Waals surface area contributed by atoms with E-state index in [0.717, 1.165) is 38.0 Å². The van der Waals surface area contributed by atoms with Gasteiger partial charge in [0.1, 0.15) is 0 Å². The lowest BCUT2D eigenvalue weighted by atomic mass is 9.84. The molecule has 0 atom stereocenters. The predicted octanol–water partition coefficient (Wildman–Crippen LogP) is 1.14. The molecule has 0 unspecified atom stereocenters. The van der Waals surface area contributed by atoms with Crippen LogP contribution in [0, 0.1) is 5.92 Å². The third-order valence-electron chi connectivity index (χ3n) is 2.83.